The van der Waals surface area contributed by atoms with Crippen molar-refractivity contribution in [3.05, 3.63) is 59.8 Å². The first kappa shape index (κ1) is 29.5. The van der Waals surface area contributed by atoms with Crippen LogP contribution in [0.3, 0.4) is 0 Å². The molecule has 210 valence electrons. The van der Waals surface area contributed by atoms with Gasteiger partial charge >= 0.3 is 17.9 Å². The molecular formula is C28H34N2O9. The number of fused-ring (bicyclic) bond motifs is 1. The van der Waals surface area contributed by atoms with Gasteiger partial charge in [-0.2, -0.15) is 0 Å². The Balaban J connectivity index is 0.000000276. The number of methoxy groups -OCH3 is 2. The topological polar surface area (TPSA) is 178 Å². The Morgan fingerprint density at radius 1 is 0.923 bits per heavy atom. The first-order chi connectivity index (χ1) is 18.5. The quantitative estimate of drug-likeness (QED) is 0.210. The van der Waals surface area contributed by atoms with Gasteiger partial charge in [-0.15, -0.1) is 0 Å². The number of hydrogen-bond acceptors (Lipinski definition) is 7. The average molecular weight is 543 g/mol. The molecule has 0 saturated heterocycles. The Hall–Kier alpha value is -4.09. The number of nitrogens with one attached hydrogen (secondary N) is 2. The number of ether oxygens (including phenoxy) is 2. The van der Waals surface area contributed by atoms with E-state index in [1.165, 1.54) is 42.2 Å². The minimum absolute atomic E-state index is 0.0579. The molecule has 2 aromatic carbocycles. The molecule has 0 atom stereocenters. The van der Waals surface area contributed by atoms with Crippen molar-refractivity contribution in [3.63, 3.8) is 0 Å². The Morgan fingerprint density at radius 3 is 2.00 bits per heavy atom. The lowest BCUT2D eigenvalue weighted by Crippen LogP contribution is -2.42. The highest BCUT2D eigenvalue weighted by Gasteiger charge is 2.40. The number of aliphatic carboxylic acids is 3. The summed E-state index contributed by atoms with van der Waals surface area (Å²) >= 11 is 0. The predicted molar refractivity (Wildman–Crippen MR) is 142 cm³/mol. The summed E-state index contributed by atoms with van der Waals surface area (Å²) in [5.41, 5.74) is 1.09. The summed E-state index contributed by atoms with van der Waals surface area (Å²) in [4.78, 5) is 33.9. The fourth-order valence-corrected chi connectivity index (χ4v) is 4.87. The maximum atomic E-state index is 10.3. The Bertz CT molecular complexity index is 1280. The molecule has 11 heteroatoms. The second kappa shape index (κ2) is 12.6. The Morgan fingerprint density at radius 2 is 1.49 bits per heavy atom. The third-order valence-corrected chi connectivity index (χ3v) is 6.98. The van der Waals surface area contributed by atoms with E-state index < -0.39 is 36.4 Å². The van der Waals surface area contributed by atoms with Crippen LogP contribution in [0.5, 0.6) is 11.5 Å². The van der Waals surface area contributed by atoms with Gasteiger partial charge in [0.2, 0.25) is 0 Å². The van der Waals surface area contributed by atoms with Crippen LogP contribution >= 0.6 is 0 Å². The molecule has 0 aliphatic heterocycles. The van der Waals surface area contributed by atoms with Crippen LogP contribution in [0, 0.1) is 0 Å². The van der Waals surface area contributed by atoms with Crippen molar-refractivity contribution in [3.8, 4) is 11.5 Å². The van der Waals surface area contributed by atoms with Gasteiger partial charge in [-0.25, -0.2) is 4.79 Å². The Labute approximate surface area is 225 Å². The summed E-state index contributed by atoms with van der Waals surface area (Å²) in [5, 5.41) is 38.9. The summed E-state index contributed by atoms with van der Waals surface area (Å²) < 4.78 is 10.6. The normalized spacial score (nSPS) is 14.3. The van der Waals surface area contributed by atoms with E-state index in [1.807, 2.05) is 12.1 Å². The molecule has 1 aromatic heterocycles. The lowest BCUT2D eigenvalue weighted by Gasteiger charge is -2.31. The highest BCUT2D eigenvalue weighted by atomic mass is 16.5. The van der Waals surface area contributed by atoms with E-state index in [9.17, 15) is 14.4 Å². The molecule has 0 amide bonds. The third kappa shape index (κ3) is 7.27. The van der Waals surface area contributed by atoms with E-state index in [4.69, 9.17) is 29.9 Å². The predicted octanol–water partition coefficient (Wildman–Crippen LogP) is 3.50. The summed E-state index contributed by atoms with van der Waals surface area (Å²) in [6.07, 6.45) is 4.70. The van der Waals surface area contributed by atoms with E-state index in [1.54, 1.807) is 14.2 Å². The molecule has 4 rings (SSSR count). The van der Waals surface area contributed by atoms with Crippen LogP contribution in [0.4, 0.5) is 0 Å². The van der Waals surface area contributed by atoms with Crippen LogP contribution in [0.1, 0.15) is 49.7 Å². The zero-order valence-corrected chi connectivity index (χ0v) is 21.9. The van der Waals surface area contributed by atoms with Crippen molar-refractivity contribution in [2.24, 2.45) is 0 Å². The summed E-state index contributed by atoms with van der Waals surface area (Å²) in [6.45, 7) is 0.846. The maximum Gasteiger partial charge on any atom is 0.336 e. The van der Waals surface area contributed by atoms with Crippen LogP contribution in [0.25, 0.3) is 10.9 Å². The van der Waals surface area contributed by atoms with E-state index in [0.29, 0.717) is 0 Å². The third-order valence-electron chi connectivity index (χ3n) is 6.98. The summed E-state index contributed by atoms with van der Waals surface area (Å²) in [6, 6.07) is 14.7. The van der Waals surface area contributed by atoms with E-state index >= 15 is 0 Å². The summed E-state index contributed by atoms with van der Waals surface area (Å²) in [5.74, 6) is -3.23. The molecule has 1 saturated carbocycles. The molecular weight excluding hydrogens is 508 g/mol. The van der Waals surface area contributed by atoms with Crippen molar-refractivity contribution >= 4 is 28.8 Å². The number of aromatic nitrogens is 1. The van der Waals surface area contributed by atoms with Crippen molar-refractivity contribution in [1.29, 1.82) is 0 Å². The zero-order chi connectivity index (χ0) is 28.6. The van der Waals surface area contributed by atoms with E-state index in [-0.39, 0.29) is 5.54 Å². The van der Waals surface area contributed by atoms with Gasteiger partial charge < -0.3 is 40.2 Å². The number of rotatable bonds is 11. The standard InChI is InChI=1S/C22H26N2O2.C6H8O7/c1-25-18-7-5-17(6-8-18)22(11-3-4-12-22)24-15-16-14-23-21-13-19(26-2)9-10-20(16)21;7-3(8)1-6(13,5(11)12)2-4(9)10/h5-10,13-14,23-24H,3-4,11-12,15H2,1-2H3;13H,1-2H2,(H,7,8)(H,9,10)(H,11,12). The van der Waals surface area contributed by atoms with Crippen molar-refractivity contribution in [2.45, 2.75) is 56.2 Å². The second-order valence-corrected chi connectivity index (χ2v) is 9.57. The first-order valence-corrected chi connectivity index (χ1v) is 12.4. The first-order valence-electron chi connectivity index (χ1n) is 12.4. The number of carboxylic acids is 3. The highest BCUT2D eigenvalue weighted by Crippen LogP contribution is 2.40. The number of hydrogen-bond donors (Lipinski definition) is 6. The van der Waals surface area contributed by atoms with Gasteiger partial charge in [0.25, 0.3) is 0 Å². The largest absolute Gasteiger partial charge is 0.497 e. The molecule has 0 spiro atoms. The molecule has 6 N–H and O–H groups in total. The van der Waals surface area contributed by atoms with Gasteiger partial charge in [0.05, 0.1) is 27.1 Å². The van der Waals surface area contributed by atoms with Gasteiger partial charge in [0.1, 0.15) is 11.5 Å². The van der Waals surface area contributed by atoms with Gasteiger partial charge in [-0.05, 0) is 48.2 Å². The summed E-state index contributed by atoms with van der Waals surface area (Å²) in [7, 11) is 3.41. The highest BCUT2D eigenvalue weighted by molar-refractivity contribution is 5.88. The maximum absolute atomic E-state index is 10.3. The number of H-pyrrole nitrogens is 1. The lowest BCUT2D eigenvalue weighted by molar-refractivity contribution is -0.170. The molecule has 0 unspecified atom stereocenters. The zero-order valence-electron chi connectivity index (χ0n) is 21.9. The monoisotopic (exact) mass is 542 g/mol. The Kier molecular flexibility index (Phi) is 9.55. The van der Waals surface area contributed by atoms with E-state index in [2.05, 4.69) is 46.8 Å². The molecule has 1 aliphatic rings. The molecule has 11 nitrogen and oxygen atoms in total. The van der Waals surface area contributed by atoms with Crippen LogP contribution < -0.4 is 14.8 Å². The smallest absolute Gasteiger partial charge is 0.336 e. The molecule has 0 radical (unpaired) electrons. The van der Waals surface area contributed by atoms with Crippen LogP contribution in [-0.4, -0.2) is 63.1 Å². The fraction of sp³-hybridized carbons (Fsp3) is 0.393. The molecule has 0 bridgehead atoms. The average Bonchev–Trinajstić information content (AvgIpc) is 3.54. The lowest BCUT2D eigenvalue weighted by atomic mass is 9.88. The van der Waals surface area contributed by atoms with Crippen LogP contribution in [0.2, 0.25) is 0 Å². The SMILES string of the molecule is COc1ccc(C2(NCc3c[nH]c4cc(OC)ccc34)CCCC2)cc1.O=C(O)CC(O)(CC(=O)O)C(=O)O. The van der Waals surface area contributed by atoms with Crippen LogP contribution in [0.15, 0.2) is 48.7 Å². The fourth-order valence-electron chi connectivity index (χ4n) is 4.87. The van der Waals surface area contributed by atoms with Crippen molar-refractivity contribution in [2.75, 3.05) is 14.2 Å². The van der Waals surface area contributed by atoms with Gasteiger partial charge in [-0.3, -0.25) is 9.59 Å². The number of carboxylic acid groups (broad SMARTS) is 3. The number of carbonyl (C=O) groups is 3. The molecule has 39 heavy (non-hydrogen) atoms. The second-order valence-electron chi connectivity index (χ2n) is 9.57. The molecule has 1 aliphatic carbocycles. The number of aliphatic hydroxyl groups is 1. The minimum Gasteiger partial charge on any atom is -0.497 e. The molecule has 1 heterocycles. The molecule has 1 fully saturated rings. The van der Waals surface area contributed by atoms with Gasteiger partial charge in [0, 0.05) is 35.2 Å². The minimum atomic E-state index is -2.74. The van der Waals surface area contributed by atoms with Gasteiger partial charge in [0.15, 0.2) is 5.60 Å². The number of aromatic amines is 1. The number of benzene rings is 2. The van der Waals surface area contributed by atoms with Crippen LogP contribution in [-0.2, 0) is 26.5 Å². The van der Waals surface area contributed by atoms with E-state index in [0.717, 1.165) is 23.6 Å². The van der Waals surface area contributed by atoms with Crippen molar-refractivity contribution < 1.29 is 44.3 Å². The van der Waals surface area contributed by atoms with Gasteiger partial charge in [-0.1, -0.05) is 25.0 Å². The van der Waals surface area contributed by atoms with Crippen molar-refractivity contribution in [1.82, 2.24) is 10.3 Å². The molecule has 3 aromatic rings.